The minimum Gasteiger partial charge on any atom is -0.458 e. The van der Waals surface area contributed by atoms with Crippen LogP contribution in [-0.2, 0) is 18.3 Å². The van der Waals surface area contributed by atoms with E-state index in [4.69, 9.17) is 16.3 Å². The summed E-state index contributed by atoms with van der Waals surface area (Å²) in [6, 6.07) is 8.20. The maximum absolute atomic E-state index is 14.2. The monoisotopic (exact) mass is 348 g/mol. The zero-order valence-electron chi connectivity index (χ0n) is 13.7. The molecule has 0 aliphatic rings. The molecule has 0 atom stereocenters. The molecule has 4 nitrogen and oxygen atoms in total. The first-order valence-electron chi connectivity index (χ1n) is 7.67. The average Bonchev–Trinajstić information content (AvgIpc) is 3.03. The Morgan fingerprint density at radius 2 is 2.04 bits per heavy atom. The van der Waals surface area contributed by atoms with E-state index in [1.54, 1.807) is 36.6 Å². The molecule has 0 N–H and O–H groups in total. The lowest BCUT2D eigenvalue weighted by Gasteiger charge is -2.13. The topological polar surface area (TPSA) is 36.2 Å². The van der Waals surface area contributed by atoms with Crippen LogP contribution < -0.4 is 0 Å². The number of aromatic nitrogens is 2. The Labute approximate surface area is 144 Å². The summed E-state index contributed by atoms with van der Waals surface area (Å²) in [5.74, 6) is -0.836. The Morgan fingerprint density at radius 3 is 2.71 bits per heavy atom. The van der Waals surface area contributed by atoms with Crippen LogP contribution in [-0.4, -0.2) is 21.2 Å². The van der Waals surface area contributed by atoms with Crippen LogP contribution in [0.4, 0.5) is 4.39 Å². The van der Waals surface area contributed by atoms with Gasteiger partial charge in [-0.15, -0.1) is 0 Å². The first-order chi connectivity index (χ1) is 11.4. The normalized spacial score (nSPS) is 11.4. The zero-order valence-corrected chi connectivity index (χ0v) is 14.5. The third-order valence-corrected chi connectivity index (χ3v) is 4.24. The van der Waals surface area contributed by atoms with E-state index in [9.17, 15) is 9.18 Å². The minimum absolute atomic E-state index is 0.154. The summed E-state index contributed by atoms with van der Waals surface area (Å²) in [7, 11) is 1.89. The molecule has 0 radical (unpaired) electrons. The van der Waals surface area contributed by atoms with Crippen LogP contribution in [0.1, 0.15) is 29.9 Å². The highest BCUT2D eigenvalue weighted by Gasteiger charge is 2.21. The summed E-state index contributed by atoms with van der Waals surface area (Å²) >= 11 is 6.14. The molecule has 0 spiro atoms. The van der Waals surface area contributed by atoms with Crippen molar-refractivity contribution in [1.29, 1.82) is 0 Å². The fourth-order valence-electron chi connectivity index (χ4n) is 2.73. The van der Waals surface area contributed by atoms with Gasteiger partial charge in [0.2, 0.25) is 0 Å². The van der Waals surface area contributed by atoms with Crippen molar-refractivity contribution in [1.82, 2.24) is 9.13 Å². The molecular weight excluding hydrogens is 331 g/mol. The lowest BCUT2D eigenvalue weighted by atomic mass is 10.2. The van der Waals surface area contributed by atoms with Crippen molar-refractivity contribution in [3.63, 3.8) is 0 Å². The first kappa shape index (κ1) is 16.6. The van der Waals surface area contributed by atoms with Crippen LogP contribution in [0.15, 0.2) is 36.5 Å². The average molecular weight is 349 g/mol. The van der Waals surface area contributed by atoms with Gasteiger partial charge in [0.1, 0.15) is 11.5 Å². The molecule has 1 aromatic carbocycles. The van der Waals surface area contributed by atoms with Crippen molar-refractivity contribution in [2.24, 2.45) is 7.05 Å². The van der Waals surface area contributed by atoms with Crippen LogP contribution in [0.2, 0.25) is 5.02 Å². The fraction of sp³-hybridized carbons (Fsp3) is 0.278. The number of carbonyl (C=O) groups excluding carboxylic acids is 1. The molecule has 0 saturated carbocycles. The van der Waals surface area contributed by atoms with Gasteiger partial charge >= 0.3 is 5.97 Å². The van der Waals surface area contributed by atoms with Crippen molar-refractivity contribution >= 4 is 28.6 Å². The lowest BCUT2D eigenvalue weighted by Crippen LogP contribution is -2.17. The summed E-state index contributed by atoms with van der Waals surface area (Å²) in [6.45, 7) is 3.73. The quantitative estimate of drug-likeness (QED) is 0.656. The number of hydrogen-bond acceptors (Lipinski definition) is 2. The molecule has 0 aliphatic carbocycles. The number of rotatable bonds is 4. The van der Waals surface area contributed by atoms with Gasteiger partial charge in [0.05, 0.1) is 23.7 Å². The van der Waals surface area contributed by atoms with Crippen molar-refractivity contribution in [2.75, 3.05) is 0 Å². The summed E-state index contributed by atoms with van der Waals surface area (Å²) < 4.78 is 23.1. The molecule has 2 aromatic heterocycles. The van der Waals surface area contributed by atoms with Gasteiger partial charge in [-0.1, -0.05) is 17.7 Å². The maximum Gasteiger partial charge on any atom is 0.355 e. The largest absolute Gasteiger partial charge is 0.458 e. The molecule has 0 unspecified atom stereocenters. The molecule has 0 aliphatic heterocycles. The number of fused-ring (bicyclic) bond motifs is 1. The number of halogens is 2. The van der Waals surface area contributed by atoms with Crippen molar-refractivity contribution < 1.29 is 13.9 Å². The van der Waals surface area contributed by atoms with Gasteiger partial charge in [0.15, 0.2) is 0 Å². The highest BCUT2D eigenvalue weighted by molar-refractivity contribution is 6.31. The molecule has 0 bridgehead atoms. The number of benzene rings is 1. The van der Waals surface area contributed by atoms with E-state index in [1.807, 2.05) is 23.9 Å². The molecule has 0 saturated heterocycles. The summed E-state index contributed by atoms with van der Waals surface area (Å²) in [5.41, 5.74) is 2.43. The third kappa shape index (κ3) is 2.91. The van der Waals surface area contributed by atoms with E-state index in [0.29, 0.717) is 16.3 Å². The van der Waals surface area contributed by atoms with Crippen LogP contribution in [0.25, 0.3) is 11.0 Å². The summed E-state index contributed by atoms with van der Waals surface area (Å²) in [4.78, 5) is 12.4. The van der Waals surface area contributed by atoms with Gasteiger partial charge in [-0.2, -0.15) is 0 Å². The Kier molecular flexibility index (Phi) is 4.37. The Bertz CT molecular complexity index is 891. The third-order valence-electron chi connectivity index (χ3n) is 3.88. The Morgan fingerprint density at radius 1 is 1.29 bits per heavy atom. The van der Waals surface area contributed by atoms with Crippen molar-refractivity contribution in [3.05, 3.63) is 58.6 Å². The lowest BCUT2D eigenvalue weighted by molar-refractivity contribution is 0.0366. The van der Waals surface area contributed by atoms with Gasteiger partial charge in [-0.05, 0) is 38.1 Å². The molecule has 24 heavy (non-hydrogen) atoms. The molecule has 6 heteroatoms. The highest BCUT2D eigenvalue weighted by atomic mass is 35.5. The molecule has 3 rings (SSSR count). The second-order valence-corrected chi connectivity index (χ2v) is 6.37. The molecule has 126 valence electrons. The smallest absolute Gasteiger partial charge is 0.355 e. The van der Waals surface area contributed by atoms with E-state index >= 15 is 0 Å². The van der Waals surface area contributed by atoms with Crippen LogP contribution in [0.5, 0.6) is 0 Å². The standard InChI is InChI=1S/C18H18ClFN2O2/c1-11(2)24-18(23)17-9-16-15(7-8-21(16)3)22(17)10-12-13(19)5-4-6-14(12)20/h4-9,11H,10H2,1-3H3. The Balaban J connectivity index is 2.13. The number of aryl methyl sites for hydroxylation is 1. The molecule has 0 fully saturated rings. The minimum atomic E-state index is -0.436. The second kappa shape index (κ2) is 6.32. The molecular formula is C18H18ClFN2O2. The van der Waals surface area contributed by atoms with Crippen LogP contribution in [0.3, 0.4) is 0 Å². The van der Waals surface area contributed by atoms with Crippen molar-refractivity contribution in [2.45, 2.75) is 26.5 Å². The molecule has 2 heterocycles. The van der Waals surface area contributed by atoms with Gasteiger partial charge in [0, 0.05) is 23.8 Å². The fourth-order valence-corrected chi connectivity index (χ4v) is 2.95. The van der Waals surface area contributed by atoms with Crippen molar-refractivity contribution in [3.8, 4) is 0 Å². The highest BCUT2D eigenvalue weighted by Crippen LogP contribution is 2.26. The molecule has 0 amide bonds. The number of hydrogen-bond donors (Lipinski definition) is 0. The summed E-state index contributed by atoms with van der Waals surface area (Å²) in [6.07, 6.45) is 1.66. The van der Waals surface area contributed by atoms with Gasteiger partial charge in [-0.25, -0.2) is 9.18 Å². The van der Waals surface area contributed by atoms with E-state index in [1.165, 1.54) is 6.07 Å². The SMILES string of the molecule is CC(C)OC(=O)c1cc2c(ccn2C)n1Cc1c(F)cccc1Cl. The van der Waals surface area contributed by atoms with Crippen LogP contribution in [0, 0.1) is 5.82 Å². The predicted octanol–water partition coefficient (Wildman–Crippen LogP) is 4.39. The van der Waals surface area contributed by atoms with Crippen LogP contribution >= 0.6 is 11.6 Å². The Hall–Kier alpha value is -2.27. The molecule has 3 aromatic rings. The van der Waals surface area contributed by atoms with E-state index in [2.05, 4.69) is 0 Å². The zero-order chi connectivity index (χ0) is 17.4. The summed E-state index contributed by atoms with van der Waals surface area (Å²) in [5, 5.41) is 0.330. The van der Waals surface area contributed by atoms with E-state index < -0.39 is 11.8 Å². The number of esters is 1. The first-order valence-corrected chi connectivity index (χ1v) is 8.04. The van der Waals surface area contributed by atoms with E-state index in [0.717, 1.165) is 11.0 Å². The second-order valence-electron chi connectivity index (χ2n) is 5.97. The van der Waals surface area contributed by atoms with Gasteiger partial charge < -0.3 is 13.9 Å². The van der Waals surface area contributed by atoms with E-state index in [-0.39, 0.29) is 12.6 Å². The predicted molar refractivity (Wildman–Crippen MR) is 92.0 cm³/mol. The number of carbonyl (C=O) groups is 1. The maximum atomic E-state index is 14.2. The van der Waals surface area contributed by atoms with Gasteiger partial charge in [0.25, 0.3) is 0 Å². The number of nitrogens with zero attached hydrogens (tertiary/aromatic N) is 2. The van der Waals surface area contributed by atoms with Gasteiger partial charge in [-0.3, -0.25) is 0 Å². The number of ether oxygens (including phenoxy) is 1.